The number of phenolic OH excluding ortho intramolecular Hbond substituents is 1. The van der Waals surface area contributed by atoms with E-state index < -0.39 is 0 Å². The normalized spacial score (nSPS) is 9.42. The molecule has 0 aliphatic rings. The van der Waals surface area contributed by atoms with Crippen LogP contribution in [0.3, 0.4) is 0 Å². The fourth-order valence-corrected chi connectivity index (χ4v) is 1.40. The first-order valence-corrected chi connectivity index (χ1v) is 4.19. The molecule has 0 fully saturated rings. The number of aldehydes is 2. The third-order valence-corrected chi connectivity index (χ3v) is 2.33. The van der Waals surface area contributed by atoms with Crippen LogP contribution in [0.4, 0.5) is 0 Å². The van der Waals surface area contributed by atoms with Crippen LogP contribution in [0.1, 0.15) is 20.7 Å². The van der Waals surface area contributed by atoms with Gasteiger partial charge in [0.25, 0.3) is 0 Å². The largest absolute Gasteiger partial charge is 0.507 e. The SMILES string of the molecule is O=Cc1cc(I)c(C=O)cc1O. The van der Waals surface area contributed by atoms with Gasteiger partial charge in [-0.15, -0.1) is 0 Å². The van der Waals surface area contributed by atoms with Gasteiger partial charge in [0.1, 0.15) is 5.75 Å². The highest BCUT2D eigenvalue weighted by molar-refractivity contribution is 14.1. The van der Waals surface area contributed by atoms with E-state index in [1.54, 1.807) is 0 Å². The molecule has 1 N–H and O–H groups in total. The summed E-state index contributed by atoms with van der Waals surface area (Å²) in [7, 11) is 0. The van der Waals surface area contributed by atoms with Gasteiger partial charge in [0, 0.05) is 9.13 Å². The van der Waals surface area contributed by atoms with Crippen LogP contribution in [-0.4, -0.2) is 17.7 Å². The average Bonchev–Trinajstić information content (AvgIpc) is 2.08. The molecule has 3 nitrogen and oxygen atoms in total. The maximum absolute atomic E-state index is 10.4. The van der Waals surface area contributed by atoms with Crippen LogP contribution in [0, 0.1) is 3.57 Å². The van der Waals surface area contributed by atoms with Gasteiger partial charge < -0.3 is 5.11 Å². The Bertz CT molecular complexity index is 300. The predicted molar refractivity (Wildman–Crippen MR) is 51.6 cm³/mol. The first-order chi connectivity index (χ1) is 5.69. The lowest BCUT2D eigenvalue weighted by Gasteiger charge is -2.00. The second-order valence-electron chi connectivity index (χ2n) is 2.17. The molecule has 0 saturated heterocycles. The molecule has 0 saturated carbocycles. The fourth-order valence-electron chi connectivity index (χ4n) is 0.778. The van der Waals surface area contributed by atoms with Crippen molar-refractivity contribution >= 4 is 35.2 Å². The van der Waals surface area contributed by atoms with Gasteiger partial charge in [-0.1, -0.05) is 0 Å². The first-order valence-electron chi connectivity index (χ1n) is 3.12. The Morgan fingerprint density at radius 3 is 2.25 bits per heavy atom. The lowest BCUT2D eigenvalue weighted by Crippen LogP contribution is -1.89. The third kappa shape index (κ3) is 1.63. The van der Waals surface area contributed by atoms with Gasteiger partial charge in [-0.05, 0) is 34.7 Å². The van der Waals surface area contributed by atoms with Gasteiger partial charge in [0.2, 0.25) is 0 Å². The van der Waals surface area contributed by atoms with E-state index in [0.717, 1.165) is 0 Å². The van der Waals surface area contributed by atoms with Crippen LogP contribution >= 0.6 is 22.6 Å². The number of carbonyl (C=O) groups is 2. The number of aromatic hydroxyl groups is 1. The summed E-state index contributed by atoms with van der Waals surface area (Å²) < 4.78 is 0.655. The average molecular weight is 276 g/mol. The van der Waals surface area contributed by atoms with Gasteiger partial charge in [0.05, 0.1) is 5.56 Å². The number of rotatable bonds is 2. The Balaban J connectivity index is 3.34. The molecular weight excluding hydrogens is 271 g/mol. The summed E-state index contributed by atoms with van der Waals surface area (Å²) in [5.74, 6) is -0.160. The minimum absolute atomic E-state index is 0.160. The molecule has 0 atom stereocenters. The molecule has 1 aromatic rings. The minimum atomic E-state index is -0.160. The molecule has 0 aromatic heterocycles. The second kappa shape index (κ2) is 3.66. The van der Waals surface area contributed by atoms with Gasteiger partial charge in [-0.2, -0.15) is 0 Å². The molecule has 1 aromatic carbocycles. The molecular formula is C8H5IO3. The van der Waals surface area contributed by atoms with Gasteiger partial charge in [0.15, 0.2) is 12.6 Å². The topological polar surface area (TPSA) is 54.4 Å². The number of hydrogen-bond acceptors (Lipinski definition) is 3. The summed E-state index contributed by atoms with van der Waals surface area (Å²) in [6, 6.07) is 2.74. The van der Waals surface area contributed by atoms with Crippen molar-refractivity contribution in [1.82, 2.24) is 0 Å². The van der Waals surface area contributed by atoms with Crippen molar-refractivity contribution in [3.05, 3.63) is 26.8 Å². The van der Waals surface area contributed by atoms with Crippen LogP contribution < -0.4 is 0 Å². The van der Waals surface area contributed by atoms with Gasteiger partial charge >= 0.3 is 0 Å². The summed E-state index contributed by atoms with van der Waals surface area (Å²) in [4.78, 5) is 20.7. The quantitative estimate of drug-likeness (QED) is 0.659. The van der Waals surface area contributed by atoms with Crippen molar-refractivity contribution in [2.45, 2.75) is 0 Å². The summed E-state index contributed by atoms with van der Waals surface area (Å²) in [6.45, 7) is 0. The highest BCUT2D eigenvalue weighted by atomic mass is 127. The molecule has 62 valence electrons. The van der Waals surface area contributed by atoms with Crippen molar-refractivity contribution < 1.29 is 14.7 Å². The van der Waals surface area contributed by atoms with Crippen molar-refractivity contribution in [3.63, 3.8) is 0 Å². The van der Waals surface area contributed by atoms with Crippen molar-refractivity contribution in [2.75, 3.05) is 0 Å². The van der Waals surface area contributed by atoms with Gasteiger partial charge in [-0.3, -0.25) is 9.59 Å². The predicted octanol–water partition coefficient (Wildman–Crippen LogP) is 1.62. The highest BCUT2D eigenvalue weighted by Gasteiger charge is 2.05. The first kappa shape index (κ1) is 9.18. The van der Waals surface area contributed by atoms with E-state index in [4.69, 9.17) is 5.11 Å². The zero-order valence-corrected chi connectivity index (χ0v) is 8.11. The minimum Gasteiger partial charge on any atom is -0.507 e. The van der Waals surface area contributed by atoms with Crippen LogP contribution in [0.5, 0.6) is 5.75 Å². The zero-order chi connectivity index (χ0) is 9.14. The molecule has 0 bridgehead atoms. The van der Waals surface area contributed by atoms with E-state index in [0.29, 0.717) is 21.7 Å². The van der Waals surface area contributed by atoms with Gasteiger partial charge in [-0.25, -0.2) is 0 Å². The summed E-state index contributed by atoms with van der Waals surface area (Å²) in [5, 5.41) is 9.15. The smallest absolute Gasteiger partial charge is 0.153 e. The molecule has 1 rings (SSSR count). The maximum atomic E-state index is 10.4. The molecule has 0 spiro atoms. The summed E-state index contributed by atoms with van der Waals surface area (Å²) in [6.07, 6.45) is 1.18. The van der Waals surface area contributed by atoms with Crippen molar-refractivity contribution in [3.8, 4) is 5.75 Å². The lowest BCUT2D eigenvalue weighted by atomic mass is 10.1. The van der Waals surface area contributed by atoms with E-state index in [1.807, 2.05) is 22.6 Å². The van der Waals surface area contributed by atoms with E-state index >= 15 is 0 Å². The lowest BCUT2D eigenvalue weighted by molar-refractivity contribution is 0.111. The summed E-state index contributed by atoms with van der Waals surface area (Å²) in [5.41, 5.74) is 0.587. The van der Waals surface area contributed by atoms with E-state index in [2.05, 4.69) is 0 Å². The molecule has 4 heteroatoms. The van der Waals surface area contributed by atoms with Crippen LogP contribution in [0.2, 0.25) is 0 Å². The Morgan fingerprint density at radius 2 is 1.75 bits per heavy atom. The molecule has 0 aliphatic heterocycles. The maximum Gasteiger partial charge on any atom is 0.153 e. The molecule has 0 unspecified atom stereocenters. The fraction of sp³-hybridized carbons (Fsp3) is 0. The number of carbonyl (C=O) groups excluding carboxylic acids is 2. The van der Waals surface area contributed by atoms with E-state index in [1.165, 1.54) is 12.1 Å². The molecule has 12 heavy (non-hydrogen) atoms. The van der Waals surface area contributed by atoms with Crippen molar-refractivity contribution in [1.29, 1.82) is 0 Å². The molecule has 0 aliphatic carbocycles. The molecule has 0 amide bonds. The van der Waals surface area contributed by atoms with Crippen LogP contribution in [-0.2, 0) is 0 Å². The Labute approximate surface area is 82.5 Å². The second-order valence-corrected chi connectivity index (χ2v) is 3.33. The number of phenols is 1. The molecule has 0 radical (unpaired) electrons. The zero-order valence-electron chi connectivity index (χ0n) is 5.95. The van der Waals surface area contributed by atoms with Crippen molar-refractivity contribution in [2.24, 2.45) is 0 Å². The summed E-state index contributed by atoms with van der Waals surface area (Å²) >= 11 is 1.92. The Hall–Kier alpha value is -0.910. The third-order valence-electron chi connectivity index (χ3n) is 1.40. The number of benzene rings is 1. The Morgan fingerprint density at radius 1 is 1.17 bits per heavy atom. The monoisotopic (exact) mass is 276 g/mol. The standard InChI is InChI=1S/C8H5IO3/c9-7-1-6(4-11)8(12)2-5(7)3-10/h1-4,12H. The van der Waals surface area contributed by atoms with E-state index in [9.17, 15) is 9.59 Å². The highest BCUT2D eigenvalue weighted by Crippen LogP contribution is 2.21. The Kier molecular flexibility index (Phi) is 2.80. The number of hydrogen-bond donors (Lipinski definition) is 1. The van der Waals surface area contributed by atoms with Crippen LogP contribution in [0.25, 0.3) is 0 Å². The van der Waals surface area contributed by atoms with Crippen LogP contribution in [0.15, 0.2) is 12.1 Å². The van der Waals surface area contributed by atoms with E-state index in [-0.39, 0.29) is 11.3 Å². The molecule has 0 heterocycles. The number of halogens is 1.